The van der Waals surface area contributed by atoms with Crippen LogP contribution < -0.4 is 4.74 Å². The van der Waals surface area contributed by atoms with Crippen molar-refractivity contribution in [2.24, 2.45) is 0 Å². The highest BCUT2D eigenvalue weighted by Gasteiger charge is 2.14. The van der Waals surface area contributed by atoms with E-state index in [1.807, 2.05) is 48.0 Å². The highest BCUT2D eigenvalue weighted by molar-refractivity contribution is 5.91. The summed E-state index contributed by atoms with van der Waals surface area (Å²) in [6.07, 6.45) is 1.91. The van der Waals surface area contributed by atoms with Crippen LogP contribution in [0.25, 0.3) is 16.6 Å². The molecule has 1 heterocycles. The van der Waals surface area contributed by atoms with Crippen molar-refractivity contribution >= 4 is 10.9 Å². The summed E-state index contributed by atoms with van der Waals surface area (Å²) in [7, 11) is 0. The fourth-order valence-corrected chi connectivity index (χ4v) is 3.15. The summed E-state index contributed by atoms with van der Waals surface area (Å²) in [4.78, 5) is 0. The molecule has 4 rings (SSSR count). The maximum Gasteiger partial charge on any atom is 0.132 e. The van der Waals surface area contributed by atoms with Gasteiger partial charge in [-0.05, 0) is 48.4 Å². The van der Waals surface area contributed by atoms with Crippen LogP contribution >= 0.6 is 0 Å². The smallest absolute Gasteiger partial charge is 0.132 e. The van der Waals surface area contributed by atoms with E-state index in [4.69, 9.17) is 4.74 Å². The first kappa shape index (κ1) is 16.3. The van der Waals surface area contributed by atoms with Crippen LogP contribution in [0.15, 0.2) is 72.9 Å². The number of hydrogen-bond donors (Lipinski definition) is 0. The molecule has 0 spiro atoms. The molecular weight excluding hydrogens is 332 g/mol. The lowest BCUT2D eigenvalue weighted by Gasteiger charge is -2.10. The van der Waals surface area contributed by atoms with Gasteiger partial charge in [-0.25, -0.2) is 8.78 Å². The van der Waals surface area contributed by atoms with Gasteiger partial charge >= 0.3 is 0 Å². The third kappa shape index (κ3) is 3.06. The molecular formula is C22H17F2NO. The summed E-state index contributed by atoms with van der Waals surface area (Å²) in [6.45, 7) is 2.32. The first-order valence-electron chi connectivity index (χ1n) is 8.36. The van der Waals surface area contributed by atoms with E-state index in [-0.39, 0.29) is 11.6 Å². The molecule has 130 valence electrons. The van der Waals surface area contributed by atoms with Gasteiger partial charge in [0.1, 0.15) is 24.0 Å². The standard InChI is InChI=1S/C22H17F2NO/c1-15-13-25(19-9-7-17(23)8-10-19)20-11-18(24)12-21(22(15)20)26-14-16-5-3-2-4-6-16/h2-13H,14H2,1H3. The van der Waals surface area contributed by atoms with Gasteiger partial charge in [-0.15, -0.1) is 0 Å². The van der Waals surface area contributed by atoms with Crippen LogP contribution in [0.2, 0.25) is 0 Å². The molecule has 0 unspecified atom stereocenters. The zero-order chi connectivity index (χ0) is 18.1. The second-order valence-corrected chi connectivity index (χ2v) is 6.23. The monoisotopic (exact) mass is 349 g/mol. The summed E-state index contributed by atoms with van der Waals surface area (Å²) >= 11 is 0. The van der Waals surface area contributed by atoms with Crippen molar-refractivity contribution in [3.63, 3.8) is 0 Å². The van der Waals surface area contributed by atoms with Crippen molar-refractivity contribution < 1.29 is 13.5 Å². The fraction of sp³-hybridized carbons (Fsp3) is 0.0909. The maximum atomic E-state index is 14.2. The zero-order valence-electron chi connectivity index (χ0n) is 14.2. The molecule has 0 saturated carbocycles. The summed E-state index contributed by atoms with van der Waals surface area (Å²) < 4.78 is 35.2. The van der Waals surface area contributed by atoms with E-state index >= 15 is 0 Å². The fourth-order valence-electron chi connectivity index (χ4n) is 3.15. The van der Waals surface area contributed by atoms with Gasteiger partial charge in [0.25, 0.3) is 0 Å². The zero-order valence-corrected chi connectivity index (χ0v) is 14.2. The van der Waals surface area contributed by atoms with Crippen molar-refractivity contribution in [2.75, 3.05) is 0 Å². The van der Waals surface area contributed by atoms with Gasteiger partial charge in [-0.3, -0.25) is 0 Å². The van der Waals surface area contributed by atoms with E-state index in [0.717, 1.165) is 22.2 Å². The molecule has 0 amide bonds. The van der Waals surface area contributed by atoms with Crippen LogP contribution in [0.1, 0.15) is 11.1 Å². The minimum absolute atomic E-state index is 0.306. The van der Waals surface area contributed by atoms with Crippen molar-refractivity contribution in [3.8, 4) is 11.4 Å². The topological polar surface area (TPSA) is 14.2 Å². The molecule has 2 nitrogen and oxygen atoms in total. The molecule has 1 aromatic heterocycles. The normalized spacial score (nSPS) is 11.0. The Morgan fingerprint density at radius 1 is 0.885 bits per heavy atom. The Hall–Kier alpha value is -3.14. The number of benzene rings is 3. The summed E-state index contributed by atoms with van der Waals surface area (Å²) in [5.41, 5.74) is 3.44. The third-order valence-corrected chi connectivity index (χ3v) is 4.36. The average molecular weight is 349 g/mol. The SMILES string of the molecule is Cc1cn(-c2ccc(F)cc2)c2cc(F)cc(OCc3ccccc3)c12. The van der Waals surface area contributed by atoms with Gasteiger partial charge in [-0.2, -0.15) is 0 Å². The molecule has 0 atom stereocenters. The number of nitrogens with zero attached hydrogens (tertiary/aromatic N) is 1. The van der Waals surface area contributed by atoms with E-state index in [9.17, 15) is 8.78 Å². The summed E-state index contributed by atoms with van der Waals surface area (Å²) in [5.74, 6) is -0.177. The van der Waals surface area contributed by atoms with Crippen LogP contribution in [0.4, 0.5) is 8.78 Å². The largest absolute Gasteiger partial charge is 0.488 e. The molecule has 4 aromatic rings. The van der Waals surface area contributed by atoms with Gasteiger partial charge in [-0.1, -0.05) is 30.3 Å². The Bertz CT molecular complexity index is 1050. The molecule has 4 heteroatoms. The molecule has 0 saturated heterocycles. The highest BCUT2D eigenvalue weighted by atomic mass is 19.1. The molecule has 0 N–H and O–H groups in total. The van der Waals surface area contributed by atoms with E-state index in [0.29, 0.717) is 17.9 Å². The van der Waals surface area contributed by atoms with Gasteiger partial charge in [0.05, 0.1) is 5.52 Å². The minimum atomic E-state index is -0.373. The summed E-state index contributed by atoms with van der Waals surface area (Å²) in [5, 5.41) is 0.853. The quantitative estimate of drug-likeness (QED) is 0.454. The Labute approximate surface area is 150 Å². The third-order valence-electron chi connectivity index (χ3n) is 4.36. The van der Waals surface area contributed by atoms with Crippen molar-refractivity contribution in [1.29, 1.82) is 0 Å². The number of fused-ring (bicyclic) bond motifs is 1. The number of aromatic nitrogens is 1. The Morgan fingerprint density at radius 3 is 2.35 bits per heavy atom. The van der Waals surface area contributed by atoms with Crippen molar-refractivity contribution in [1.82, 2.24) is 4.57 Å². The maximum absolute atomic E-state index is 14.2. The van der Waals surface area contributed by atoms with E-state index < -0.39 is 0 Å². The summed E-state index contributed by atoms with van der Waals surface area (Å²) in [6, 6.07) is 18.8. The molecule has 0 aliphatic heterocycles. The number of halogens is 2. The minimum Gasteiger partial charge on any atom is -0.488 e. The Morgan fingerprint density at radius 2 is 1.62 bits per heavy atom. The molecule has 3 aromatic carbocycles. The van der Waals surface area contributed by atoms with Crippen LogP contribution in [0.5, 0.6) is 5.75 Å². The lowest BCUT2D eigenvalue weighted by atomic mass is 10.1. The number of hydrogen-bond acceptors (Lipinski definition) is 1. The number of ether oxygens (including phenoxy) is 1. The van der Waals surface area contributed by atoms with Crippen LogP contribution in [0.3, 0.4) is 0 Å². The van der Waals surface area contributed by atoms with Crippen molar-refractivity contribution in [3.05, 3.63) is 95.7 Å². The van der Waals surface area contributed by atoms with Gasteiger partial charge in [0.15, 0.2) is 0 Å². The first-order chi connectivity index (χ1) is 12.6. The lowest BCUT2D eigenvalue weighted by Crippen LogP contribution is -1.97. The highest BCUT2D eigenvalue weighted by Crippen LogP contribution is 2.34. The van der Waals surface area contributed by atoms with Crippen LogP contribution in [-0.2, 0) is 6.61 Å². The first-order valence-corrected chi connectivity index (χ1v) is 8.36. The lowest BCUT2D eigenvalue weighted by molar-refractivity contribution is 0.308. The molecule has 0 radical (unpaired) electrons. The van der Waals surface area contributed by atoms with Crippen LogP contribution in [-0.4, -0.2) is 4.57 Å². The molecule has 0 fully saturated rings. The predicted molar refractivity (Wildman–Crippen MR) is 98.7 cm³/mol. The molecule has 0 aliphatic carbocycles. The molecule has 0 bridgehead atoms. The van der Waals surface area contributed by atoms with Gasteiger partial charge in [0.2, 0.25) is 0 Å². The molecule has 26 heavy (non-hydrogen) atoms. The second kappa shape index (κ2) is 6.64. The van der Waals surface area contributed by atoms with Gasteiger partial charge < -0.3 is 9.30 Å². The molecule has 0 aliphatic rings. The Kier molecular flexibility index (Phi) is 4.17. The Balaban J connectivity index is 1.78. The van der Waals surface area contributed by atoms with Crippen molar-refractivity contribution in [2.45, 2.75) is 13.5 Å². The van der Waals surface area contributed by atoms with Gasteiger partial charge in [0, 0.05) is 23.3 Å². The van der Waals surface area contributed by atoms with Crippen LogP contribution in [0, 0.1) is 18.6 Å². The second-order valence-electron chi connectivity index (χ2n) is 6.23. The number of rotatable bonds is 4. The van der Waals surface area contributed by atoms with E-state index in [1.165, 1.54) is 24.3 Å². The van der Waals surface area contributed by atoms with E-state index in [1.54, 1.807) is 12.1 Å². The van der Waals surface area contributed by atoms with E-state index in [2.05, 4.69) is 0 Å². The predicted octanol–water partition coefficient (Wildman–Crippen LogP) is 5.80. The average Bonchev–Trinajstić information content (AvgIpc) is 2.98. The number of aryl methyl sites for hydroxylation is 1.